The van der Waals surface area contributed by atoms with Gasteiger partial charge in [-0.15, -0.1) is 0 Å². The minimum absolute atomic E-state index is 0.00726. The van der Waals surface area contributed by atoms with Crippen molar-refractivity contribution in [2.45, 2.75) is 31.0 Å². The lowest BCUT2D eigenvalue weighted by Gasteiger charge is -2.47. The number of halogens is 5. The maximum Gasteiger partial charge on any atom is 0.339 e. The summed E-state index contributed by atoms with van der Waals surface area (Å²) in [7, 11) is 1.20. The Labute approximate surface area is 254 Å². The first-order valence-corrected chi connectivity index (χ1v) is 14.1. The van der Waals surface area contributed by atoms with Crippen molar-refractivity contribution in [3.05, 3.63) is 97.9 Å². The van der Waals surface area contributed by atoms with Crippen molar-refractivity contribution in [3.8, 4) is 11.4 Å². The largest absolute Gasteiger partial charge is 0.487 e. The summed E-state index contributed by atoms with van der Waals surface area (Å²) in [5, 5.41) is 16.2. The van der Waals surface area contributed by atoms with Crippen LogP contribution in [0.2, 0.25) is 15.1 Å². The van der Waals surface area contributed by atoms with Crippen molar-refractivity contribution < 1.29 is 28.2 Å². The number of benzene rings is 2. The Hall–Kier alpha value is -3.44. The second-order valence-electron chi connectivity index (χ2n) is 10.3. The topological polar surface area (TPSA) is 89.7 Å². The van der Waals surface area contributed by atoms with Crippen LogP contribution >= 0.6 is 34.8 Å². The number of nitrogens with zero attached hydrogens (tertiary/aromatic N) is 4. The summed E-state index contributed by atoms with van der Waals surface area (Å²) in [6, 6.07) is 8.34. The van der Waals surface area contributed by atoms with Gasteiger partial charge in [0.2, 0.25) is 0 Å². The van der Waals surface area contributed by atoms with Gasteiger partial charge in [0.25, 0.3) is 0 Å². The molecule has 2 aromatic carbocycles. The van der Waals surface area contributed by atoms with Crippen LogP contribution in [0.5, 0.6) is 5.75 Å². The maximum atomic E-state index is 14.6. The molecule has 42 heavy (non-hydrogen) atoms. The molecule has 4 aromatic rings. The molecule has 1 saturated heterocycles. The first-order chi connectivity index (χ1) is 20.1. The van der Waals surface area contributed by atoms with Crippen molar-refractivity contribution in [2.24, 2.45) is 0 Å². The van der Waals surface area contributed by atoms with Gasteiger partial charge in [-0.25, -0.2) is 23.2 Å². The monoisotopic (exact) mass is 634 g/mol. The number of ether oxygens (including phenoxy) is 2. The minimum atomic E-state index is -1.35. The Morgan fingerprint density at radius 2 is 1.79 bits per heavy atom. The zero-order valence-corrected chi connectivity index (χ0v) is 24.4. The SMILES string of the molecule is COC(=O)c1cnc(N2CC(O)(c3ccc(OCc4c(C5CC5)cnn4-c4c(Cl)cc(F)cc4Cl)cc3Cl)C2)c(F)c1. The normalized spacial score (nSPS) is 15.8. The average Bonchev–Trinajstić information content (AvgIpc) is 3.69. The summed E-state index contributed by atoms with van der Waals surface area (Å²) < 4.78 is 40.7. The molecule has 0 atom stereocenters. The van der Waals surface area contributed by atoms with Gasteiger partial charge in [0.05, 0.1) is 52.7 Å². The van der Waals surface area contributed by atoms with Crippen molar-refractivity contribution >= 4 is 46.6 Å². The highest BCUT2D eigenvalue weighted by molar-refractivity contribution is 6.37. The van der Waals surface area contributed by atoms with Gasteiger partial charge in [0, 0.05) is 17.3 Å². The number of carbonyl (C=O) groups is 1. The zero-order valence-electron chi connectivity index (χ0n) is 22.1. The van der Waals surface area contributed by atoms with Crippen molar-refractivity contribution in [1.82, 2.24) is 14.8 Å². The third kappa shape index (κ3) is 5.28. The Balaban J connectivity index is 1.18. The highest BCUT2D eigenvalue weighted by atomic mass is 35.5. The lowest BCUT2D eigenvalue weighted by molar-refractivity contribution is 0.00669. The summed E-state index contributed by atoms with van der Waals surface area (Å²) in [6.45, 7) is 0.186. The maximum absolute atomic E-state index is 14.6. The number of hydrogen-bond acceptors (Lipinski definition) is 7. The number of pyridine rings is 1. The molecule has 2 fully saturated rings. The van der Waals surface area contributed by atoms with Gasteiger partial charge >= 0.3 is 5.97 Å². The molecule has 2 aliphatic rings. The van der Waals surface area contributed by atoms with E-state index in [-0.39, 0.29) is 46.1 Å². The minimum Gasteiger partial charge on any atom is -0.487 e. The van der Waals surface area contributed by atoms with Gasteiger partial charge in [-0.3, -0.25) is 0 Å². The predicted octanol–water partition coefficient (Wildman–Crippen LogP) is 6.46. The van der Waals surface area contributed by atoms with E-state index in [4.69, 9.17) is 39.5 Å². The third-order valence-corrected chi connectivity index (χ3v) is 8.27. The summed E-state index contributed by atoms with van der Waals surface area (Å²) in [6.07, 6.45) is 5.02. The first-order valence-electron chi connectivity index (χ1n) is 12.9. The summed E-state index contributed by atoms with van der Waals surface area (Å²) >= 11 is 19.2. The lowest BCUT2D eigenvalue weighted by atomic mass is 9.86. The smallest absolute Gasteiger partial charge is 0.339 e. The molecule has 0 spiro atoms. The third-order valence-electron chi connectivity index (χ3n) is 7.38. The Morgan fingerprint density at radius 3 is 2.40 bits per heavy atom. The molecule has 0 radical (unpaired) electrons. The van der Waals surface area contributed by atoms with Crippen LogP contribution in [-0.4, -0.2) is 46.0 Å². The Morgan fingerprint density at radius 1 is 1.07 bits per heavy atom. The number of aliphatic hydroxyl groups is 1. The molecule has 0 amide bonds. The van der Waals surface area contributed by atoms with E-state index in [0.717, 1.165) is 30.2 Å². The van der Waals surface area contributed by atoms with Gasteiger partial charge in [-0.1, -0.05) is 40.9 Å². The predicted molar refractivity (Wildman–Crippen MR) is 153 cm³/mol. The Bertz CT molecular complexity index is 1680. The van der Waals surface area contributed by atoms with Gasteiger partial charge < -0.3 is 19.5 Å². The summed E-state index contributed by atoms with van der Waals surface area (Å²) in [4.78, 5) is 17.2. The van der Waals surface area contributed by atoms with Crippen molar-refractivity contribution in [1.29, 1.82) is 0 Å². The van der Waals surface area contributed by atoms with E-state index in [1.807, 2.05) is 0 Å². The van der Waals surface area contributed by atoms with Crippen LogP contribution in [0.25, 0.3) is 5.69 Å². The molecule has 2 aromatic heterocycles. The van der Waals surface area contributed by atoms with Crippen LogP contribution in [0.15, 0.2) is 48.8 Å². The number of methoxy groups -OCH3 is 1. The van der Waals surface area contributed by atoms with Crippen LogP contribution in [0.3, 0.4) is 0 Å². The molecule has 0 unspecified atom stereocenters. The van der Waals surface area contributed by atoms with Crippen LogP contribution in [0, 0.1) is 11.6 Å². The number of β-amino-alcohol motifs (C(OH)–C–C–N with tert-alkyl or cyclic N) is 1. The molecule has 1 N–H and O–H groups in total. The lowest BCUT2D eigenvalue weighted by Crippen LogP contribution is -2.60. The quantitative estimate of drug-likeness (QED) is 0.223. The number of aromatic nitrogens is 3. The number of anilines is 1. The molecule has 1 saturated carbocycles. The van der Waals surface area contributed by atoms with E-state index in [1.54, 1.807) is 34.0 Å². The molecule has 3 heterocycles. The summed E-state index contributed by atoms with van der Waals surface area (Å²) in [5.74, 6) is -1.16. The van der Waals surface area contributed by atoms with E-state index in [0.29, 0.717) is 22.9 Å². The number of rotatable bonds is 8. The number of esters is 1. The van der Waals surface area contributed by atoms with Crippen molar-refractivity contribution in [3.63, 3.8) is 0 Å². The molecule has 13 heteroatoms. The number of carbonyl (C=O) groups excluding carboxylic acids is 1. The van der Waals surface area contributed by atoms with E-state index < -0.39 is 23.2 Å². The fraction of sp³-hybridized carbons (Fsp3) is 0.276. The van der Waals surface area contributed by atoms with Crippen LogP contribution in [0.4, 0.5) is 14.6 Å². The highest BCUT2D eigenvalue weighted by Crippen LogP contribution is 2.44. The molecule has 1 aliphatic heterocycles. The molecular formula is C29H23Cl3F2N4O4. The summed E-state index contributed by atoms with van der Waals surface area (Å²) in [5.41, 5.74) is 1.18. The molecular weight excluding hydrogens is 613 g/mol. The molecule has 0 bridgehead atoms. The van der Waals surface area contributed by atoms with E-state index in [2.05, 4.69) is 14.8 Å². The molecule has 6 rings (SSSR count). The van der Waals surface area contributed by atoms with Gasteiger partial charge in [-0.05, 0) is 49.1 Å². The zero-order chi connectivity index (χ0) is 29.8. The van der Waals surface area contributed by atoms with Gasteiger partial charge in [0.15, 0.2) is 11.6 Å². The Kier molecular flexibility index (Phi) is 7.51. The highest BCUT2D eigenvalue weighted by Gasteiger charge is 2.45. The second kappa shape index (κ2) is 11.0. The van der Waals surface area contributed by atoms with E-state index in [9.17, 15) is 18.7 Å². The second-order valence-corrected chi connectivity index (χ2v) is 11.5. The van der Waals surface area contributed by atoms with Crippen LogP contribution < -0.4 is 9.64 Å². The fourth-order valence-corrected chi connectivity index (χ4v) is 6.08. The molecule has 1 aliphatic carbocycles. The first kappa shape index (κ1) is 28.7. The average molecular weight is 636 g/mol. The van der Waals surface area contributed by atoms with Gasteiger partial charge in [-0.2, -0.15) is 5.10 Å². The molecule has 8 nitrogen and oxygen atoms in total. The van der Waals surface area contributed by atoms with Crippen LogP contribution in [-0.2, 0) is 16.9 Å². The molecule has 218 valence electrons. The number of hydrogen-bond donors (Lipinski definition) is 1. The van der Waals surface area contributed by atoms with E-state index in [1.165, 1.54) is 25.4 Å². The van der Waals surface area contributed by atoms with Crippen molar-refractivity contribution in [2.75, 3.05) is 25.1 Å². The standard InChI is InChI=1S/C29H23Cl3F2N4O4/c1-41-28(39)16-6-24(34)27(35-10-16)37-13-29(40,14-37)20-5-4-18(9-21(20)30)42-12-25-19(15-2-3-15)11-36-38(25)26-22(31)7-17(33)8-23(26)32/h4-11,15,40H,2-3,12-14H2,1H3. The van der Waals surface area contributed by atoms with Crippen LogP contribution in [0.1, 0.15) is 45.9 Å². The van der Waals surface area contributed by atoms with Gasteiger partial charge in [0.1, 0.15) is 29.5 Å². The van der Waals surface area contributed by atoms with E-state index >= 15 is 0 Å². The fourth-order valence-electron chi connectivity index (χ4n) is 5.11.